The summed E-state index contributed by atoms with van der Waals surface area (Å²) in [7, 11) is 0. The van der Waals surface area contributed by atoms with Crippen LogP contribution in [0.5, 0.6) is 0 Å². The number of benzene rings is 1. The molecule has 1 aromatic carbocycles. The summed E-state index contributed by atoms with van der Waals surface area (Å²) < 4.78 is 0. The summed E-state index contributed by atoms with van der Waals surface area (Å²) >= 11 is 0. The van der Waals surface area contributed by atoms with Crippen LogP contribution in [0.2, 0.25) is 0 Å². The lowest BCUT2D eigenvalue weighted by Gasteiger charge is -2.10. The number of hydrogen-bond donors (Lipinski definition) is 3. The normalized spacial score (nSPS) is 12.1. The van der Waals surface area contributed by atoms with Crippen molar-refractivity contribution in [3.63, 3.8) is 0 Å². The molecular weight excluding hydrogens is 364 g/mol. The standard InChI is InChI=1S/C24H38N2O3/c1-3-4-5-6-7-8-9-10-11-12-13-14-19-25-22-17-15-21(16-18-22)23(27)26-20(2)24(28)29/h11-12,15-18,20,25H,3-10,13-14,19H2,1-2H3,(H,26,27)(H,28,29)/t20-/m0/s1. The predicted molar refractivity (Wildman–Crippen MR) is 120 cm³/mol. The van der Waals surface area contributed by atoms with Gasteiger partial charge in [-0.2, -0.15) is 0 Å². The number of carbonyl (C=O) groups excluding carboxylic acids is 1. The summed E-state index contributed by atoms with van der Waals surface area (Å²) in [6.45, 7) is 4.58. The van der Waals surface area contributed by atoms with Crippen LogP contribution in [0.15, 0.2) is 36.4 Å². The highest BCUT2D eigenvalue weighted by atomic mass is 16.4. The lowest BCUT2D eigenvalue weighted by atomic mass is 10.1. The number of nitrogens with one attached hydrogen (secondary N) is 2. The van der Waals surface area contributed by atoms with Crippen molar-refractivity contribution in [2.75, 3.05) is 11.9 Å². The van der Waals surface area contributed by atoms with E-state index in [0.717, 1.165) is 25.1 Å². The molecule has 162 valence electrons. The maximum atomic E-state index is 12.0. The van der Waals surface area contributed by atoms with Gasteiger partial charge in [0.2, 0.25) is 0 Å². The molecule has 3 N–H and O–H groups in total. The summed E-state index contributed by atoms with van der Waals surface area (Å²) in [5.41, 5.74) is 1.41. The van der Waals surface area contributed by atoms with Crippen LogP contribution in [0.25, 0.3) is 0 Å². The molecule has 0 saturated heterocycles. The molecule has 0 aliphatic carbocycles. The van der Waals surface area contributed by atoms with Crippen molar-refractivity contribution in [1.82, 2.24) is 5.32 Å². The van der Waals surface area contributed by atoms with Crippen LogP contribution in [0.1, 0.15) is 88.4 Å². The molecule has 5 nitrogen and oxygen atoms in total. The van der Waals surface area contributed by atoms with E-state index in [4.69, 9.17) is 5.11 Å². The van der Waals surface area contributed by atoms with Gasteiger partial charge >= 0.3 is 5.97 Å². The fourth-order valence-corrected chi connectivity index (χ4v) is 2.99. The minimum atomic E-state index is -1.05. The monoisotopic (exact) mass is 402 g/mol. The van der Waals surface area contributed by atoms with Crippen molar-refractivity contribution in [3.8, 4) is 0 Å². The Kier molecular flexibility index (Phi) is 13.3. The van der Waals surface area contributed by atoms with Gasteiger partial charge in [0.05, 0.1) is 0 Å². The van der Waals surface area contributed by atoms with Gasteiger partial charge in [-0.25, -0.2) is 0 Å². The van der Waals surface area contributed by atoms with Gasteiger partial charge in [0.1, 0.15) is 6.04 Å². The van der Waals surface area contributed by atoms with Crippen LogP contribution < -0.4 is 10.6 Å². The number of unbranched alkanes of at least 4 members (excludes halogenated alkanes) is 8. The number of carboxylic acid groups (broad SMARTS) is 1. The van der Waals surface area contributed by atoms with E-state index >= 15 is 0 Å². The van der Waals surface area contributed by atoms with E-state index in [-0.39, 0.29) is 5.91 Å². The maximum absolute atomic E-state index is 12.0. The van der Waals surface area contributed by atoms with Gasteiger partial charge in [-0.1, -0.05) is 57.6 Å². The molecule has 1 rings (SSSR count). The Bertz CT molecular complexity index is 611. The second-order valence-electron chi connectivity index (χ2n) is 7.56. The van der Waals surface area contributed by atoms with E-state index in [9.17, 15) is 9.59 Å². The van der Waals surface area contributed by atoms with Crippen LogP contribution in [0, 0.1) is 0 Å². The van der Waals surface area contributed by atoms with Gasteiger partial charge in [0.25, 0.3) is 5.91 Å². The fraction of sp³-hybridized carbons (Fsp3) is 0.583. The van der Waals surface area contributed by atoms with Gasteiger partial charge in [0.15, 0.2) is 0 Å². The Hall–Kier alpha value is -2.30. The molecule has 0 aromatic heterocycles. The summed E-state index contributed by atoms with van der Waals surface area (Å²) in [6.07, 6.45) is 17.4. The molecule has 0 aliphatic rings. The Balaban J connectivity index is 2.10. The highest BCUT2D eigenvalue weighted by Crippen LogP contribution is 2.11. The zero-order valence-corrected chi connectivity index (χ0v) is 18.1. The molecule has 0 spiro atoms. The van der Waals surface area contributed by atoms with Crippen LogP contribution in [-0.4, -0.2) is 29.6 Å². The second kappa shape index (κ2) is 15.6. The van der Waals surface area contributed by atoms with E-state index in [2.05, 4.69) is 29.7 Å². The predicted octanol–water partition coefficient (Wildman–Crippen LogP) is 5.78. The van der Waals surface area contributed by atoms with E-state index in [1.54, 1.807) is 12.1 Å². The molecule has 0 heterocycles. The van der Waals surface area contributed by atoms with Gasteiger partial charge in [-0.15, -0.1) is 0 Å². The first-order valence-corrected chi connectivity index (χ1v) is 11.1. The van der Waals surface area contributed by atoms with Crippen molar-refractivity contribution in [2.24, 2.45) is 0 Å². The topological polar surface area (TPSA) is 78.4 Å². The molecular formula is C24H38N2O3. The maximum Gasteiger partial charge on any atom is 0.325 e. The van der Waals surface area contributed by atoms with Crippen LogP contribution in [0.3, 0.4) is 0 Å². The van der Waals surface area contributed by atoms with Crippen molar-refractivity contribution in [1.29, 1.82) is 0 Å². The minimum absolute atomic E-state index is 0.377. The summed E-state index contributed by atoms with van der Waals surface area (Å²) in [6, 6.07) is 6.19. The molecule has 1 aromatic rings. The van der Waals surface area contributed by atoms with Gasteiger partial charge < -0.3 is 15.7 Å². The Labute approximate surface area is 176 Å². The molecule has 29 heavy (non-hydrogen) atoms. The zero-order chi connectivity index (χ0) is 21.3. The average molecular weight is 403 g/mol. The van der Waals surface area contributed by atoms with Crippen molar-refractivity contribution in [2.45, 2.75) is 84.1 Å². The van der Waals surface area contributed by atoms with Crippen molar-refractivity contribution >= 4 is 17.6 Å². The number of carbonyl (C=O) groups is 2. The van der Waals surface area contributed by atoms with Gasteiger partial charge in [0, 0.05) is 17.8 Å². The van der Waals surface area contributed by atoms with Crippen LogP contribution >= 0.6 is 0 Å². The van der Waals surface area contributed by atoms with Gasteiger partial charge in [-0.3, -0.25) is 9.59 Å². The van der Waals surface area contributed by atoms with E-state index < -0.39 is 12.0 Å². The lowest BCUT2D eigenvalue weighted by molar-refractivity contribution is -0.138. The fourth-order valence-electron chi connectivity index (χ4n) is 2.99. The first-order chi connectivity index (χ1) is 14.0. The highest BCUT2D eigenvalue weighted by molar-refractivity contribution is 5.96. The Morgan fingerprint density at radius 2 is 1.52 bits per heavy atom. The average Bonchev–Trinajstić information content (AvgIpc) is 2.71. The van der Waals surface area contributed by atoms with Crippen LogP contribution in [-0.2, 0) is 4.79 Å². The number of anilines is 1. The molecule has 0 saturated carbocycles. The third-order valence-electron chi connectivity index (χ3n) is 4.88. The highest BCUT2D eigenvalue weighted by Gasteiger charge is 2.14. The molecule has 1 atom stereocenters. The quantitative estimate of drug-likeness (QED) is 0.242. The summed E-state index contributed by atoms with van der Waals surface area (Å²) in [4.78, 5) is 22.7. The van der Waals surface area contributed by atoms with Crippen molar-refractivity contribution < 1.29 is 14.7 Å². The third kappa shape index (κ3) is 12.0. The zero-order valence-electron chi connectivity index (χ0n) is 18.1. The molecule has 0 aliphatic heterocycles. The Morgan fingerprint density at radius 3 is 2.14 bits per heavy atom. The molecule has 0 bridgehead atoms. The van der Waals surface area contributed by atoms with Crippen LogP contribution in [0.4, 0.5) is 5.69 Å². The Morgan fingerprint density at radius 1 is 0.931 bits per heavy atom. The first-order valence-electron chi connectivity index (χ1n) is 11.1. The molecule has 1 amide bonds. The van der Waals surface area contributed by atoms with E-state index in [1.165, 1.54) is 58.3 Å². The minimum Gasteiger partial charge on any atom is -0.480 e. The van der Waals surface area contributed by atoms with Gasteiger partial charge in [-0.05, 0) is 56.9 Å². The summed E-state index contributed by atoms with van der Waals surface area (Å²) in [5, 5.41) is 14.6. The largest absolute Gasteiger partial charge is 0.480 e. The second-order valence-corrected chi connectivity index (χ2v) is 7.56. The molecule has 5 heteroatoms. The third-order valence-corrected chi connectivity index (χ3v) is 4.88. The number of hydrogen-bond acceptors (Lipinski definition) is 3. The first kappa shape index (κ1) is 24.7. The number of rotatable bonds is 16. The van der Waals surface area contributed by atoms with Crippen molar-refractivity contribution in [3.05, 3.63) is 42.0 Å². The number of allylic oxidation sites excluding steroid dienone is 2. The van der Waals surface area contributed by atoms with E-state index in [1.807, 2.05) is 12.1 Å². The lowest BCUT2D eigenvalue weighted by Crippen LogP contribution is -2.38. The smallest absolute Gasteiger partial charge is 0.325 e. The number of amides is 1. The SMILES string of the molecule is CCCCCCCCCC=CCCCNc1ccc(C(=O)N[C@@H](C)C(=O)O)cc1. The molecule has 0 radical (unpaired) electrons. The van der Waals surface area contributed by atoms with E-state index in [0.29, 0.717) is 5.56 Å². The number of aliphatic carboxylic acids is 1. The molecule has 0 unspecified atom stereocenters. The number of carboxylic acids is 1. The molecule has 0 fully saturated rings. The summed E-state index contributed by atoms with van der Waals surface area (Å²) in [5.74, 6) is -1.43.